The Balaban J connectivity index is 1.83. The maximum absolute atomic E-state index is 12.5. The Kier molecular flexibility index (Phi) is 6.65. The summed E-state index contributed by atoms with van der Waals surface area (Å²) in [7, 11) is 1.69. The number of Topliss-reactive ketones (excluding diaryl/α,β-unsaturated/α-hetero) is 1. The Morgan fingerprint density at radius 1 is 1.21 bits per heavy atom. The molecular formula is C22H23NO3S2. The van der Waals surface area contributed by atoms with Crippen molar-refractivity contribution in [1.82, 2.24) is 4.57 Å². The van der Waals surface area contributed by atoms with Gasteiger partial charge in [0.2, 0.25) is 0 Å². The first-order valence-electron chi connectivity index (χ1n) is 9.14. The van der Waals surface area contributed by atoms with Gasteiger partial charge in [0.15, 0.2) is 5.78 Å². The highest BCUT2D eigenvalue weighted by Crippen LogP contribution is 2.14. The summed E-state index contributed by atoms with van der Waals surface area (Å²) in [5.41, 5.74) is 0.818. The van der Waals surface area contributed by atoms with Crippen LogP contribution < -0.4 is 19.5 Å². The van der Waals surface area contributed by atoms with Crippen molar-refractivity contribution >= 4 is 40.6 Å². The quantitative estimate of drug-likeness (QED) is 0.558. The zero-order valence-electron chi connectivity index (χ0n) is 16.2. The Morgan fingerprint density at radius 2 is 1.96 bits per heavy atom. The largest absolute Gasteiger partial charge is 0.494 e. The number of ether oxygens (including phenoxy) is 1. The summed E-state index contributed by atoms with van der Waals surface area (Å²) in [4.78, 5) is 25.5. The van der Waals surface area contributed by atoms with E-state index < -0.39 is 0 Å². The van der Waals surface area contributed by atoms with Crippen molar-refractivity contribution < 1.29 is 9.53 Å². The fraction of sp³-hybridized carbons (Fsp3) is 0.273. The minimum Gasteiger partial charge on any atom is -0.494 e. The summed E-state index contributed by atoms with van der Waals surface area (Å²) >= 11 is 2.71. The van der Waals surface area contributed by atoms with Crippen molar-refractivity contribution in [3.05, 3.63) is 71.8 Å². The molecule has 3 aromatic rings. The molecule has 4 nitrogen and oxygen atoms in total. The summed E-state index contributed by atoms with van der Waals surface area (Å²) < 4.78 is 8.49. The van der Waals surface area contributed by atoms with Crippen LogP contribution in [0.2, 0.25) is 0 Å². The maximum atomic E-state index is 12.5. The van der Waals surface area contributed by atoms with Gasteiger partial charge >= 0.3 is 0 Å². The maximum Gasteiger partial charge on any atom is 0.268 e. The molecule has 3 rings (SSSR count). The Hall–Kier alpha value is -2.44. The topological polar surface area (TPSA) is 48.3 Å². The summed E-state index contributed by atoms with van der Waals surface area (Å²) in [6.07, 6.45) is 4.39. The highest BCUT2D eigenvalue weighted by molar-refractivity contribution is 7.12. The normalized spacial score (nSPS) is 12.7. The van der Waals surface area contributed by atoms with Gasteiger partial charge in [0.1, 0.15) is 10.4 Å². The number of hydrogen-bond acceptors (Lipinski definition) is 5. The van der Waals surface area contributed by atoms with E-state index in [0.29, 0.717) is 26.6 Å². The van der Waals surface area contributed by atoms with Crippen LogP contribution >= 0.6 is 22.7 Å². The third-order valence-corrected chi connectivity index (χ3v) is 6.22. The van der Waals surface area contributed by atoms with Crippen LogP contribution in [0.25, 0.3) is 12.2 Å². The second-order valence-corrected chi connectivity index (χ2v) is 8.91. The number of ketones is 1. The second kappa shape index (κ2) is 9.17. The van der Waals surface area contributed by atoms with Crippen molar-refractivity contribution in [2.24, 2.45) is 13.0 Å². The van der Waals surface area contributed by atoms with Crippen molar-refractivity contribution in [3.63, 3.8) is 0 Å². The van der Waals surface area contributed by atoms with Crippen LogP contribution in [-0.4, -0.2) is 17.0 Å². The van der Waals surface area contributed by atoms with Crippen molar-refractivity contribution in [2.45, 2.75) is 20.3 Å². The third kappa shape index (κ3) is 5.09. The minimum absolute atomic E-state index is 0.0821. The zero-order chi connectivity index (χ0) is 20.1. The lowest BCUT2D eigenvalue weighted by atomic mass is 10.1. The smallest absolute Gasteiger partial charge is 0.268 e. The van der Waals surface area contributed by atoms with Crippen molar-refractivity contribution in [1.29, 1.82) is 0 Å². The molecule has 0 bridgehead atoms. The van der Waals surface area contributed by atoms with Crippen molar-refractivity contribution in [3.8, 4) is 5.75 Å². The van der Waals surface area contributed by atoms with E-state index in [1.54, 1.807) is 13.1 Å². The summed E-state index contributed by atoms with van der Waals surface area (Å²) in [6, 6.07) is 11.3. The molecule has 0 aliphatic rings. The van der Waals surface area contributed by atoms with Crippen LogP contribution in [0.3, 0.4) is 0 Å². The first kappa shape index (κ1) is 20.3. The van der Waals surface area contributed by atoms with Gasteiger partial charge in [-0.1, -0.05) is 32.0 Å². The first-order valence-corrected chi connectivity index (χ1v) is 10.8. The highest BCUT2D eigenvalue weighted by Gasteiger charge is 2.06. The molecule has 0 aliphatic carbocycles. The molecule has 0 aliphatic heterocycles. The predicted octanol–water partition coefficient (Wildman–Crippen LogP) is 3.43. The Morgan fingerprint density at radius 3 is 2.61 bits per heavy atom. The fourth-order valence-electron chi connectivity index (χ4n) is 2.53. The molecule has 0 spiro atoms. The van der Waals surface area contributed by atoms with Gasteiger partial charge in [0.25, 0.3) is 5.56 Å². The number of thiophene rings is 1. The van der Waals surface area contributed by atoms with Crippen molar-refractivity contribution in [2.75, 3.05) is 6.61 Å². The van der Waals surface area contributed by atoms with Gasteiger partial charge in [-0.05, 0) is 47.6 Å². The van der Waals surface area contributed by atoms with E-state index in [1.807, 2.05) is 41.8 Å². The molecular weight excluding hydrogens is 390 g/mol. The highest BCUT2D eigenvalue weighted by atomic mass is 32.1. The number of rotatable bonds is 7. The number of carbonyl (C=O) groups excluding carboxylic acids is 1. The number of hydrogen-bond donors (Lipinski definition) is 0. The van der Waals surface area contributed by atoms with Crippen LogP contribution in [-0.2, 0) is 7.05 Å². The summed E-state index contributed by atoms with van der Waals surface area (Å²) in [5, 5.41) is 1.87. The molecule has 0 saturated heterocycles. The van der Waals surface area contributed by atoms with E-state index in [4.69, 9.17) is 4.74 Å². The van der Waals surface area contributed by atoms with E-state index in [2.05, 4.69) is 13.8 Å². The number of thiazole rings is 1. The number of aromatic nitrogens is 1. The van der Waals surface area contributed by atoms with Gasteiger partial charge in [-0.15, -0.1) is 22.7 Å². The second-order valence-electron chi connectivity index (χ2n) is 6.90. The number of carbonyl (C=O) groups is 1. The standard InChI is InChI=1S/C22H23NO3S2/c1-15(2)10-11-26-17-8-6-16(7-9-17)13-20-22(25)23(3)21(28-20)14-18(24)19-5-4-12-27-19/h4-9,12-15H,10-11H2,1-3H3/b20-13-,21-14-. The molecule has 0 amide bonds. The third-order valence-electron chi connectivity index (χ3n) is 4.22. The molecule has 28 heavy (non-hydrogen) atoms. The van der Waals surface area contributed by atoms with Crippen LogP contribution in [0.15, 0.2) is 46.6 Å². The van der Waals surface area contributed by atoms with Gasteiger partial charge in [0, 0.05) is 13.1 Å². The molecule has 6 heteroatoms. The van der Waals surface area contributed by atoms with E-state index in [0.717, 1.165) is 17.7 Å². The lowest BCUT2D eigenvalue weighted by molar-refractivity contribution is 0.106. The molecule has 146 valence electrons. The van der Waals surface area contributed by atoms with Gasteiger partial charge in [0.05, 0.1) is 16.0 Å². The minimum atomic E-state index is -0.104. The predicted molar refractivity (Wildman–Crippen MR) is 117 cm³/mol. The summed E-state index contributed by atoms with van der Waals surface area (Å²) in [5.74, 6) is 1.36. The first-order chi connectivity index (χ1) is 13.4. The molecule has 1 aromatic carbocycles. The van der Waals surface area contributed by atoms with E-state index >= 15 is 0 Å². The Labute approximate surface area is 172 Å². The molecule has 2 heterocycles. The van der Waals surface area contributed by atoms with E-state index in [-0.39, 0.29) is 11.3 Å². The molecule has 0 N–H and O–H groups in total. The SMILES string of the molecule is CC(C)CCOc1ccc(/C=c2\s/c(=C\C(=O)c3cccs3)n(C)c2=O)cc1. The lowest BCUT2D eigenvalue weighted by Gasteiger charge is -2.07. The molecule has 2 aromatic heterocycles. The van der Waals surface area contributed by atoms with Gasteiger partial charge in [-0.2, -0.15) is 0 Å². The fourth-order valence-corrected chi connectivity index (χ4v) is 4.20. The van der Waals surface area contributed by atoms with Crippen LogP contribution in [0.4, 0.5) is 0 Å². The van der Waals surface area contributed by atoms with E-state index in [9.17, 15) is 9.59 Å². The van der Waals surface area contributed by atoms with Gasteiger partial charge in [-0.3, -0.25) is 9.59 Å². The van der Waals surface area contributed by atoms with Crippen LogP contribution in [0, 0.1) is 5.92 Å². The average molecular weight is 414 g/mol. The molecule has 0 unspecified atom stereocenters. The lowest BCUT2D eigenvalue weighted by Crippen LogP contribution is -2.29. The molecule has 0 saturated carbocycles. The van der Waals surface area contributed by atoms with E-state index in [1.165, 1.54) is 33.3 Å². The van der Waals surface area contributed by atoms with Gasteiger partial charge in [-0.25, -0.2) is 0 Å². The molecule has 0 atom stereocenters. The number of nitrogens with zero attached hydrogens (tertiary/aromatic N) is 1. The van der Waals surface area contributed by atoms with Crippen LogP contribution in [0.1, 0.15) is 35.5 Å². The molecule has 0 radical (unpaired) electrons. The number of benzene rings is 1. The Bertz CT molecular complexity index is 1100. The monoisotopic (exact) mass is 413 g/mol. The average Bonchev–Trinajstić information content (AvgIpc) is 3.29. The summed E-state index contributed by atoms with van der Waals surface area (Å²) in [6.45, 7) is 5.04. The van der Waals surface area contributed by atoms with Crippen LogP contribution in [0.5, 0.6) is 5.75 Å². The molecule has 0 fully saturated rings. The zero-order valence-corrected chi connectivity index (χ0v) is 17.8. The van der Waals surface area contributed by atoms with Gasteiger partial charge < -0.3 is 9.30 Å².